The van der Waals surface area contributed by atoms with E-state index in [1.54, 1.807) is 12.2 Å². The van der Waals surface area contributed by atoms with Crippen LogP contribution in [0.3, 0.4) is 0 Å². The topological polar surface area (TPSA) is 56.0 Å². The largest absolute Gasteiger partial charge is 0.308 e. The molecule has 0 aliphatic carbocycles. The Kier molecular flexibility index (Phi) is 8.66. The van der Waals surface area contributed by atoms with Crippen LogP contribution in [0.15, 0.2) is 174 Å². The van der Waals surface area contributed by atoms with E-state index in [0.29, 0.717) is 17.5 Å². The fourth-order valence-corrected chi connectivity index (χ4v) is 7.64. The van der Waals surface area contributed by atoms with E-state index in [-0.39, 0.29) is 0 Å². The van der Waals surface area contributed by atoms with Crippen molar-refractivity contribution in [1.82, 2.24) is 19.5 Å². The molecule has 2 aromatic heterocycles. The van der Waals surface area contributed by atoms with Crippen LogP contribution in [0.25, 0.3) is 62.1 Å². The molecule has 3 heterocycles. The SMILES string of the molecule is C=C/C=C(\C=C)c1nc(-c2ccccc2)nc(-c2cc(-c3ccccc3)cc(-n3c(/C=C4\Cc5ccccc5S4)c(N=C)c4ccccc43)c2)n1. The molecule has 0 saturated carbocycles. The molecule has 5 nitrogen and oxygen atoms in total. The minimum atomic E-state index is 0.522. The van der Waals surface area contributed by atoms with Crippen molar-refractivity contribution < 1.29 is 0 Å². The average molecular weight is 676 g/mol. The number of hydrogen-bond donors (Lipinski definition) is 0. The van der Waals surface area contributed by atoms with Gasteiger partial charge >= 0.3 is 0 Å². The molecule has 0 amide bonds. The van der Waals surface area contributed by atoms with Crippen LogP contribution < -0.4 is 0 Å². The maximum atomic E-state index is 5.07. The molecule has 8 rings (SSSR count). The number of rotatable bonds is 9. The molecule has 6 heteroatoms. The Balaban J connectivity index is 1.40. The van der Waals surface area contributed by atoms with Gasteiger partial charge in [-0.15, -0.1) is 0 Å². The number of thioether (sulfide) groups is 1. The van der Waals surface area contributed by atoms with Crippen LogP contribution >= 0.6 is 11.8 Å². The van der Waals surface area contributed by atoms with Gasteiger partial charge in [-0.2, -0.15) is 0 Å². The van der Waals surface area contributed by atoms with Crippen LogP contribution in [0.5, 0.6) is 0 Å². The summed E-state index contributed by atoms with van der Waals surface area (Å²) in [6.07, 6.45) is 8.47. The summed E-state index contributed by atoms with van der Waals surface area (Å²) in [7, 11) is 0. The third-order valence-electron chi connectivity index (χ3n) is 8.90. The van der Waals surface area contributed by atoms with Crippen molar-refractivity contribution in [3.63, 3.8) is 0 Å². The quantitative estimate of drug-likeness (QED) is 0.113. The normalized spacial score (nSPS) is 13.3. The Bertz CT molecular complexity index is 2500. The summed E-state index contributed by atoms with van der Waals surface area (Å²) in [5.74, 6) is 1.65. The third kappa shape index (κ3) is 6.18. The van der Waals surface area contributed by atoms with Gasteiger partial charge in [-0.25, -0.2) is 15.0 Å². The highest BCUT2D eigenvalue weighted by molar-refractivity contribution is 8.03. The van der Waals surface area contributed by atoms with Gasteiger partial charge < -0.3 is 4.57 Å². The zero-order valence-electron chi connectivity index (χ0n) is 27.9. The molecule has 0 atom stereocenters. The van der Waals surface area contributed by atoms with E-state index in [0.717, 1.165) is 62.2 Å². The Labute approximate surface area is 301 Å². The lowest BCUT2D eigenvalue weighted by Crippen LogP contribution is -2.04. The molecule has 244 valence electrons. The Morgan fingerprint density at radius 3 is 2.10 bits per heavy atom. The molecule has 1 aliphatic rings. The first-order valence-corrected chi connectivity index (χ1v) is 17.5. The molecule has 5 aromatic carbocycles. The van der Waals surface area contributed by atoms with Gasteiger partial charge in [0.25, 0.3) is 0 Å². The highest BCUT2D eigenvalue weighted by atomic mass is 32.2. The second kappa shape index (κ2) is 13.9. The number of benzene rings is 5. The molecule has 1 aliphatic heterocycles. The Morgan fingerprint density at radius 2 is 1.37 bits per heavy atom. The van der Waals surface area contributed by atoms with Crippen molar-refractivity contribution in [3.05, 3.63) is 181 Å². The van der Waals surface area contributed by atoms with E-state index in [2.05, 4.69) is 127 Å². The van der Waals surface area contributed by atoms with Crippen molar-refractivity contribution in [1.29, 1.82) is 0 Å². The minimum Gasteiger partial charge on any atom is -0.308 e. The fraction of sp³-hybridized carbons (Fsp3) is 0.0222. The zero-order valence-corrected chi connectivity index (χ0v) is 28.7. The summed E-state index contributed by atoms with van der Waals surface area (Å²) < 4.78 is 2.29. The maximum absolute atomic E-state index is 5.07. The number of fused-ring (bicyclic) bond motifs is 2. The second-order valence-corrected chi connectivity index (χ2v) is 13.3. The number of nitrogens with zero attached hydrogens (tertiary/aromatic N) is 5. The smallest absolute Gasteiger partial charge is 0.164 e. The summed E-state index contributed by atoms with van der Waals surface area (Å²) in [5.41, 5.74) is 9.76. The van der Waals surface area contributed by atoms with E-state index in [9.17, 15) is 0 Å². The van der Waals surface area contributed by atoms with E-state index in [1.165, 1.54) is 15.4 Å². The standard InChI is InChI=1S/C45H33N5S/c1-4-16-30(5-2)43-47-44(32-19-10-7-11-20-32)49-45(48-43)35-25-34(31-17-8-6-9-18-31)26-36(27-35)50-39-23-14-13-22-38(39)42(46-3)40(50)29-37-28-33-21-12-15-24-41(33)51-37/h4-27,29H,1-3,28H2/b30-16+,37-29+. The monoisotopic (exact) mass is 675 g/mol. The highest BCUT2D eigenvalue weighted by Crippen LogP contribution is 2.44. The van der Waals surface area contributed by atoms with E-state index in [4.69, 9.17) is 15.0 Å². The maximum Gasteiger partial charge on any atom is 0.164 e. The van der Waals surface area contributed by atoms with E-state index in [1.807, 2.05) is 54.2 Å². The molecule has 0 bridgehead atoms. The zero-order chi connectivity index (χ0) is 34.7. The minimum absolute atomic E-state index is 0.522. The van der Waals surface area contributed by atoms with Gasteiger partial charge in [-0.1, -0.05) is 140 Å². The first-order chi connectivity index (χ1) is 25.1. The molecule has 0 spiro atoms. The number of allylic oxidation sites excluding steroid dienone is 5. The van der Waals surface area contributed by atoms with Crippen LogP contribution in [0, 0.1) is 0 Å². The fourth-order valence-electron chi connectivity index (χ4n) is 6.55. The molecule has 51 heavy (non-hydrogen) atoms. The predicted octanol–water partition coefficient (Wildman–Crippen LogP) is 11.6. The lowest BCUT2D eigenvalue weighted by atomic mass is 10.0. The first-order valence-electron chi connectivity index (χ1n) is 16.7. The second-order valence-electron chi connectivity index (χ2n) is 12.1. The summed E-state index contributed by atoms with van der Waals surface area (Å²) in [6.45, 7) is 12.0. The lowest BCUT2D eigenvalue weighted by Gasteiger charge is -2.15. The van der Waals surface area contributed by atoms with Crippen molar-refractivity contribution in [2.75, 3.05) is 0 Å². The average Bonchev–Trinajstić information content (AvgIpc) is 3.75. The van der Waals surface area contributed by atoms with Crippen LogP contribution in [-0.2, 0) is 6.42 Å². The van der Waals surface area contributed by atoms with Gasteiger partial charge in [-0.3, -0.25) is 4.99 Å². The summed E-state index contributed by atoms with van der Waals surface area (Å²) >= 11 is 1.81. The van der Waals surface area contributed by atoms with Crippen LogP contribution in [-0.4, -0.2) is 26.2 Å². The predicted molar refractivity (Wildman–Crippen MR) is 215 cm³/mol. The summed E-state index contributed by atoms with van der Waals surface area (Å²) in [5, 5.41) is 1.03. The van der Waals surface area contributed by atoms with Gasteiger partial charge in [0, 0.05) is 39.1 Å². The molecular weight excluding hydrogens is 643 g/mol. The van der Waals surface area contributed by atoms with Crippen molar-refractivity contribution in [2.24, 2.45) is 4.99 Å². The molecule has 0 saturated heterocycles. The van der Waals surface area contributed by atoms with Crippen LogP contribution in [0.4, 0.5) is 5.69 Å². The molecule has 0 N–H and O–H groups in total. The van der Waals surface area contributed by atoms with Gasteiger partial charge in [0.15, 0.2) is 17.5 Å². The van der Waals surface area contributed by atoms with Gasteiger partial charge in [-0.05, 0) is 64.7 Å². The van der Waals surface area contributed by atoms with E-state index >= 15 is 0 Å². The lowest BCUT2D eigenvalue weighted by molar-refractivity contribution is 1.03. The molecule has 7 aromatic rings. The number of para-hydroxylation sites is 1. The van der Waals surface area contributed by atoms with Crippen molar-refractivity contribution in [3.8, 4) is 39.6 Å². The van der Waals surface area contributed by atoms with Gasteiger partial charge in [0.05, 0.1) is 16.9 Å². The molecule has 0 radical (unpaired) electrons. The van der Waals surface area contributed by atoms with Crippen molar-refractivity contribution in [2.45, 2.75) is 11.3 Å². The number of aromatic nitrogens is 4. The number of hydrogen-bond acceptors (Lipinski definition) is 5. The summed E-state index contributed by atoms with van der Waals surface area (Å²) in [4.78, 5) is 22.2. The van der Waals surface area contributed by atoms with Gasteiger partial charge in [0.2, 0.25) is 0 Å². The molecular formula is C45H33N5S. The van der Waals surface area contributed by atoms with Crippen LogP contribution in [0.1, 0.15) is 17.1 Å². The highest BCUT2D eigenvalue weighted by Gasteiger charge is 2.22. The molecule has 0 unspecified atom stereocenters. The van der Waals surface area contributed by atoms with Crippen LogP contribution in [0.2, 0.25) is 0 Å². The Hall–Kier alpha value is -6.37. The number of aliphatic imine (C=N–C) groups is 1. The first kappa shape index (κ1) is 31.9. The van der Waals surface area contributed by atoms with E-state index < -0.39 is 0 Å². The van der Waals surface area contributed by atoms with Gasteiger partial charge in [0.1, 0.15) is 0 Å². The Morgan fingerprint density at radius 1 is 0.706 bits per heavy atom. The van der Waals surface area contributed by atoms with Crippen molar-refractivity contribution >= 4 is 46.7 Å². The summed E-state index contributed by atoms with van der Waals surface area (Å²) in [6, 6.07) is 43.9. The molecule has 0 fully saturated rings. The third-order valence-corrected chi connectivity index (χ3v) is 10.0.